The fourth-order valence-corrected chi connectivity index (χ4v) is 4.35. The molecule has 1 amide bonds. The quantitative estimate of drug-likeness (QED) is 0.693. The summed E-state index contributed by atoms with van der Waals surface area (Å²) >= 11 is 0. The van der Waals surface area contributed by atoms with E-state index in [-0.39, 0.29) is 30.5 Å². The molecule has 0 radical (unpaired) electrons. The number of fused-ring (bicyclic) bond motifs is 2. The number of para-hydroxylation sites is 2. The lowest BCUT2D eigenvalue weighted by molar-refractivity contribution is -0.121. The number of nitrogens with one attached hydrogen (secondary N) is 2. The number of aromatic amines is 1. The SMILES string of the molecule is C[C@@H](C(=O)Nc1ccc2c(c1)OCO2)N1CCC(n2c(=O)[nH]c3ccccc32)CC1. The van der Waals surface area contributed by atoms with Gasteiger partial charge in [-0.1, -0.05) is 12.1 Å². The van der Waals surface area contributed by atoms with Crippen LogP contribution < -0.4 is 20.5 Å². The summed E-state index contributed by atoms with van der Waals surface area (Å²) in [5.74, 6) is 1.28. The number of hydrogen-bond acceptors (Lipinski definition) is 5. The van der Waals surface area contributed by atoms with Gasteiger partial charge in [0.15, 0.2) is 11.5 Å². The van der Waals surface area contributed by atoms with E-state index < -0.39 is 0 Å². The number of ether oxygens (including phenoxy) is 2. The molecule has 156 valence electrons. The Morgan fingerprint density at radius 3 is 2.73 bits per heavy atom. The standard InChI is InChI=1S/C22H24N4O4/c1-14(21(27)23-15-6-7-19-20(12-15)30-13-29-19)25-10-8-16(9-11-25)26-18-5-3-2-4-17(18)24-22(26)28/h2-7,12,14,16H,8-11,13H2,1H3,(H,23,27)(H,24,28)/t14-/m0/s1. The Kier molecular flexibility index (Phi) is 4.71. The Morgan fingerprint density at radius 2 is 1.90 bits per heavy atom. The zero-order chi connectivity index (χ0) is 20.7. The number of aromatic nitrogens is 2. The summed E-state index contributed by atoms with van der Waals surface area (Å²) < 4.78 is 12.5. The highest BCUT2D eigenvalue weighted by Crippen LogP contribution is 2.34. The first-order valence-corrected chi connectivity index (χ1v) is 10.2. The van der Waals surface area contributed by atoms with E-state index in [0.29, 0.717) is 17.2 Å². The molecule has 0 bridgehead atoms. The summed E-state index contributed by atoms with van der Waals surface area (Å²) in [6.07, 6.45) is 1.65. The molecule has 5 rings (SSSR count). The van der Waals surface area contributed by atoms with Crippen LogP contribution in [-0.4, -0.2) is 46.3 Å². The molecule has 3 heterocycles. The zero-order valence-corrected chi connectivity index (χ0v) is 16.8. The number of benzene rings is 2. The minimum atomic E-state index is -0.268. The van der Waals surface area contributed by atoms with Crippen LogP contribution in [-0.2, 0) is 4.79 Å². The second-order valence-electron chi connectivity index (χ2n) is 7.82. The van der Waals surface area contributed by atoms with Gasteiger partial charge in [0.1, 0.15) is 0 Å². The van der Waals surface area contributed by atoms with Gasteiger partial charge in [-0.2, -0.15) is 0 Å². The van der Waals surface area contributed by atoms with E-state index in [0.717, 1.165) is 37.0 Å². The van der Waals surface area contributed by atoms with Gasteiger partial charge in [-0.25, -0.2) is 4.79 Å². The topological polar surface area (TPSA) is 88.6 Å². The van der Waals surface area contributed by atoms with E-state index in [2.05, 4.69) is 15.2 Å². The van der Waals surface area contributed by atoms with Crippen LogP contribution in [0.3, 0.4) is 0 Å². The van der Waals surface area contributed by atoms with E-state index in [1.807, 2.05) is 41.8 Å². The molecule has 2 N–H and O–H groups in total. The van der Waals surface area contributed by atoms with Crippen molar-refractivity contribution in [1.29, 1.82) is 0 Å². The molecule has 8 heteroatoms. The third kappa shape index (κ3) is 3.33. The van der Waals surface area contributed by atoms with Crippen molar-refractivity contribution in [2.75, 3.05) is 25.2 Å². The van der Waals surface area contributed by atoms with Gasteiger partial charge in [-0.3, -0.25) is 14.3 Å². The summed E-state index contributed by atoms with van der Waals surface area (Å²) in [6, 6.07) is 13.0. The number of likely N-dealkylation sites (tertiary alicyclic amines) is 1. The molecule has 2 aromatic carbocycles. The number of carbonyl (C=O) groups excluding carboxylic acids is 1. The highest BCUT2D eigenvalue weighted by Gasteiger charge is 2.29. The summed E-state index contributed by atoms with van der Waals surface area (Å²) in [4.78, 5) is 30.3. The molecule has 1 fully saturated rings. The van der Waals surface area contributed by atoms with Crippen LogP contribution in [0.5, 0.6) is 11.5 Å². The Labute approximate surface area is 173 Å². The third-order valence-corrected chi connectivity index (χ3v) is 6.06. The Balaban J connectivity index is 1.23. The van der Waals surface area contributed by atoms with Crippen LogP contribution in [0.2, 0.25) is 0 Å². The molecule has 0 saturated carbocycles. The van der Waals surface area contributed by atoms with Gasteiger partial charge in [0.05, 0.1) is 17.1 Å². The molecule has 1 saturated heterocycles. The highest BCUT2D eigenvalue weighted by molar-refractivity contribution is 5.94. The molecule has 2 aliphatic heterocycles. The van der Waals surface area contributed by atoms with Crippen molar-refractivity contribution in [3.05, 3.63) is 52.9 Å². The number of imidazole rings is 1. The first-order valence-electron chi connectivity index (χ1n) is 10.2. The molecular formula is C22H24N4O4. The smallest absolute Gasteiger partial charge is 0.326 e. The lowest BCUT2D eigenvalue weighted by atomic mass is 10.0. The van der Waals surface area contributed by atoms with Crippen LogP contribution in [0, 0.1) is 0 Å². The molecular weight excluding hydrogens is 384 g/mol. The van der Waals surface area contributed by atoms with E-state index in [1.165, 1.54) is 0 Å². The average molecular weight is 408 g/mol. The fraction of sp³-hybridized carbons (Fsp3) is 0.364. The van der Waals surface area contributed by atoms with Crippen molar-refractivity contribution in [3.8, 4) is 11.5 Å². The predicted octanol–water partition coefficient (Wildman–Crippen LogP) is 2.72. The number of H-pyrrole nitrogens is 1. The maximum Gasteiger partial charge on any atom is 0.326 e. The molecule has 30 heavy (non-hydrogen) atoms. The number of anilines is 1. The van der Waals surface area contributed by atoms with Crippen LogP contribution in [0.4, 0.5) is 5.69 Å². The number of hydrogen-bond donors (Lipinski definition) is 2. The Bertz CT molecular complexity index is 1140. The Morgan fingerprint density at radius 1 is 1.13 bits per heavy atom. The van der Waals surface area contributed by atoms with E-state index >= 15 is 0 Å². The molecule has 1 atom stereocenters. The minimum absolute atomic E-state index is 0.0587. The minimum Gasteiger partial charge on any atom is -0.454 e. The van der Waals surface area contributed by atoms with Crippen molar-refractivity contribution in [1.82, 2.24) is 14.5 Å². The molecule has 2 aliphatic rings. The number of piperidine rings is 1. The zero-order valence-electron chi connectivity index (χ0n) is 16.8. The first-order chi connectivity index (χ1) is 14.6. The maximum absolute atomic E-state index is 12.8. The largest absolute Gasteiger partial charge is 0.454 e. The monoisotopic (exact) mass is 408 g/mol. The van der Waals surface area contributed by atoms with Gasteiger partial charge < -0.3 is 19.8 Å². The predicted molar refractivity (Wildman–Crippen MR) is 113 cm³/mol. The van der Waals surface area contributed by atoms with Gasteiger partial charge in [0.25, 0.3) is 0 Å². The van der Waals surface area contributed by atoms with Crippen LogP contribution in [0.25, 0.3) is 11.0 Å². The van der Waals surface area contributed by atoms with Crippen molar-refractivity contribution in [2.24, 2.45) is 0 Å². The second kappa shape index (κ2) is 7.53. The lowest BCUT2D eigenvalue weighted by Gasteiger charge is -2.35. The maximum atomic E-state index is 12.8. The van der Waals surface area contributed by atoms with Crippen molar-refractivity contribution in [3.63, 3.8) is 0 Å². The summed E-state index contributed by atoms with van der Waals surface area (Å²) in [7, 11) is 0. The van der Waals surface area contributed by atoms with E-state index in [1.54, 1.807) is 12.1 Å². The molecule has 0 spiro atoms. The summed E-state index contributed by atoms with van der Waals surface area (Å²) in [6.45, 7) is 3.64. The summed E-state index contributed by atoms with van der Waals surface area (Å²) in [5, 5.41) is 2.96. The van der Waals surface area contributed by atoms with Crippen molar-refractivity contribution >= 4 is 22.6 Å². The molecule has 3 aromatic rings. The van der Waals surface area contributed by atoms with Gasteiger partial charge in [0, 0.05) is 30.9 Å². The van der Waals surface area contributed by atoms with Crippen LogP contribution in [0.15, 0.2) is 47.3 Å². The summed E-state index contributed by atoms with van der Waals surface area (Å²) in [5.41, 5.74) is 2.43. The van der Waals surface area contributed by atoms with Crippen LogP contribution in [0.1, 0.15) is 25.8 Å². The number of amides is 1. The van der Waals surface area contributed by atoms with Crippen LogP contribution >= 0.6 is 0 Å². The van der Waals surface area contributed by atoms with Crippen molar-refractivity contribution < 1.29 is 14.3 Å². The fourth-order valence-electron chi connectivity index (χ4n) is 4.35. The van der Waals surface area contributed by atoms with Gasteiger partial charge in [0.2, 0.25) is 12.7 Å². The van der Waals surface area contributed by atoms with Gasteiger partial charge >= 0.3 is 5.69 Å². The third-order valence-electron chi connectivity index (χ3n) is 6.06. The molecule has 0 aliphatic carbocycles. The molecule has 1 aromatic heterocycles. The first kappa shape index (κ1) is 18.7. The number of rotatable bonds is 4. The van der Waals surface area contributed by atoms with E-state index in [9.17, 15) is 9.59 Å². The second-order valence-corrected chi connectivity index (χ2v) is 7.82. The number of nitrogens with zero attached hydrogens (tertiary/aromatic N) is 2. The van der Waals surface area contributed by atoms with Crippen molar-refractivity contribution in [2.45, 2.75) is 31.8 Å². The van der Waals surface area contributed by atoms with Gasteiger partial charge in [-0.15, -0.1) is 0 Å². The number of carbonyl (C=O) groups is 1. The Hall–Kier alpha value is -3.26. The van der Waals surface area contributed by atoms with E-state index in [4.69, 9.17) is 9.47 Å². The van der Waals surface area contributed by atoms with Gasteiger partial charge in [-0.05, 0) is 44.0 Å². The highest BCUT2D eigenvalue weighted by atomic mass is 16.7. The normalized spacial score (nSPS) is 17.9. The average Bonchev–Trinajstić information content (AvgIpc) is 3.36. The lowest BCUT2D eigenvalue weighted by Crippen LogP contribution is -2.46. The molecule has 8 nitrogen and oxygen atoms in total. The molecule has 0 unspecified atom stereocenters.